The SMILES string of the molecule is O=C(O)C=C[C@@H]1CC1(c1ccc(F)cc1)c1ccc(F)cc1. The maximum absolute atomic E-state index is 13.2. The molecule has 0 spiro atoms. The summed E-state index contributed by atoms with van der Waals surface area (Å²) in [5, 5.41) is 8.79. The molecule has 112 valence electrons. The van der Waals surface area contributed by atoms with Gasteiger partial charge in [0.05, 0.1) is 0 Å². The molecule has 1 aliphatic carbocycles. The Morgan fingerprint density at radius 3 is 1.86 bits per heavy atom. The van der Waals surface area contributed by atoms with Crippen LogP contribution in [0.1, 0.15) is 17.5 Å². The van der Waals surface area contributed by atoms with Crippen LogP contribution in [0.25, 0.3) is 0 Å². The highest BCUT2D eigenvalue weighted by Gasteiger charge is 2.55. The van der Waals surface area contributed by atoms with Crippen molar-refractivity contribution < 1.29 is 18.7 Å². The Kier molecular flexibility index (Phi) is 3.53. The Morgan fingerprint density at radius 2 is 1.45 bits per heavy atom. The van der Waals surface area contributed by atoms with Gasteiger partial charge in [-0.1, -0.05) is 30.3 Å². The molecule has 1 aliphatic rings. The summed E-state index contributed by atoms with van der Waals surface area (Å²) < 4.78 is 26.3. The van der Waals surface area contributed by atoms with Crippen molar-refractivity contribution >= 4 is 5.97 Å². The van der Waals surface area contributed by atoms with Crippen molar-refractivity contribution in [3.63, 3.8) is 0 Å². The van der Waals surface area contributed by atoms with Crippen LogP contribution in [0.4, 0.5) is 8.78 Å². The van der Waals surface area contributed by atoms with E-state index in [-0.39, 0.29) is 17.6 Å². The fourth-order valence-electron chi connectivity index (χ4n) is 3.04. The van der Waals surface area contributed by atoms with Gasteiger partial charge in [-0.2, -0.15) is 0 Å². The second-order valence-electron chi connectivity index (χ2n) is 5.49. The predicted octanol–water partition coefficient (Wildman–Crippen LogP) is 3.91. The third-order valence-electron chi connectivity index (χ3n) is 4.20. The number of allylic oxidation sites excluding steroid dienone is 1. The first-order valence-corrected chi connectivity index (χ1v) is 6.95. The molecule has 2 nitrogen and oxygen atoms in total. The average Bonchev–Trinajstić information content (AvgIpc) is 3.22. The summed E-state index contributed by atoms with van der Waals surface area (Å²) in [5.41, 5.74) is 1.40. The van der Waals surface area contributed by atoms with E-state index in [4.69, 9.17) is 5.11 Å². The number of carbonyl (C=O) groups is 1. The lowest BCUT2D eigenvalue weighted by Gasteiger charge is -2.18. The maximum atomic E-state index is 13.2. The van der Waals surface area contributed by atoms with Gasteiger partial charge in [-0.3, -0.25) is 0 Å². The molecule has 1 fully saturated rings. The normalized spacial score (nSPS) is 19.3. The molecule has 2 aromatic rings. The van der Waals surface area contributed by atoms with Crippen molar-refractivity contribution in [3.8, 4) is 0 Å². The van der Waals surface area contributed by atoms with Crippen LogP contribution in [0.15, 0.2) is 60.7 Å². The summed E-state index contributed by atoms with van der Waals surface area (Å²) in [5.74, 6) is -1.65. The number of hydrogen-bond donors (Lipinski definition) is 1. The summed E-state index contributed by atoms with van der Waals surface area (Å²) in [6, 6.07) is 12.3. The summed E-state index contributed by atoms with van der Waals surface area (Å²) >= 11 is 0. The van der Waals surface area contributed by atoms with Crippen LogP contribution in [0, 0.1) is 17.6 Å². The van der Waals surface area contributed by atoms with Crippen molar-refractivity contribution in [2.24, 2.45) is 5.92 Å². The molecule has 1 N–H and O–H groups in total. The van der Waals surface area contributed by atoms with Gasteiger partial charge in [0, 0.05) is 11.5 Å². The van der Waals surface area contributed by atoms with Crippen molar-refractivity contribution in [2.45, 2.75) is 11.8 Å². The minimum absolute atomic E-state index is 0.000442. The molecule has 0 amide bonds. The highest BCUT2D eigenvalue weighted by molar-refractivity contribution is 5.80. The first kappa shape index (κ1) is 14.4. The van der Waals surface area contributed by atoms with Crippen LogP contribution in [0.2, 0.25) is 0 Å². The van der Waals surface area contributed by atoms with E-state index in [0.717, 1.165) is 17.2 Å². The largest absolute Gasteiger partial charge is 0.478 e. The standard InChI is InChI=1S/C18H14F2O2/c19-15-6-1-12(2-7-15)18(11-14(18)5-10-17(21)22)13-3-8-16(20)9-4-13/h1-10,14H,11H2,(H,21,22)/t14-/m1/s1. The van der Waals surface area contributed by atoms with Crippen molar-refractivity contribution in [1.82, 2.24) is 0 Å². The van der Waals surface area contributed by atoms with E-state index in [1.165, 1.54) is 24.3 Å². The number of halogens is 2. The summed E-state index contributed by atoms with van der Waals surface area (Å²) in [6.07, 6.45) is 3.49. The van der Waals surface area contributed by atoms with Crippen LogP contribution in [0.3, 0.4) is 0 Å². The molecule has 2 aromatic carbocycles. The van der Waals surface area contributed by atoms with Gasteiger partial charge in [-0.05, 0) is 47.7 Å². The molecule has 0 aromatic heterocycles. The first-order chi connectivity index (χ1) is 10.5. The van der Waals surface area contributed by atoms with E-state index in [9.17, 15) is 13.6 Å². The third-order valence-corrected chi connectivity index (χ3v) is 4.20. The van der Waals surface area contributed by atoms with E-state index in [2.05, 4.69) is 0 Å². The molecule has 0 bridgehead atoms. The molecule has 4 heteroatoms. The van der Waals surface area contributed by atoms with Gasteiger partial charge in [0.1, 0.15) is 11.6 Å². The van der Waals surface area contributed by atoms with Crippen LogP contribution >= 0.6 is 0 Å². The highest BCUT2D eigenvalue weighted by atomic mass is 19.1. The number of hydrogen-bond acceptors (Lipinski definition) is 1. The van der Waals surface area contributed by atoms with Crippen LogP contribution in [-0.4, -0.2) is 11.1 Å². The van der Waals surface area contributed by atoms with Gasteiger partial charge in [0.25, 0.3) is 0 Å². The molecular weight excluding hydrogens is 286 g/mol. The fraction of sp³-hybridized carbons (Fsp3) is 0.167. The Balaban J connectivity index is 2.02. The molecule has 0 unspecified atom stereocenters. The third kappa shape index (κ3) is 2.52. The Morgan fingerprint density at radius 1 is 1.00 bits per heavy atom. The molecule has 22 heavy (non-hydrogen) atoms. The van der Waals surface area contributed by atoms with E-state index in [1.807, 2.05) is 0 Å². The van der Waals surface area contributed by atoms with Gasteiger partial charge < -0.3 is 5.11 Å². The monoisotopic (exact) mass is 300 g/mol. The lowest BCUT2D eigenvalue weighted by atomic mass is 9.85. The average molecular weight is 300 g/mol. The molecule has 0 radical (unpaired) electrons. The lowest BCUT2D eigenvalue weighted by Crippen LogP contribution is -2.12. The Bertz CT molecular complexity index is 672. The Hall–Kier alpha value is -2.49. The van der Waals surface area contributed by atoms with Gasteiger partial charge in [0.2, 0.25) is 0 Å². The number of rotatable bonds is 4. The smallest absolute Gasteiger partial charge is 0.327 e. The van der Waals surface area contributed by atoms with E-state index in [0.29, 0.717) is 6.42 Å². The minimum atomic E-state index is -1.00. The van der Waals surface area contributed by atoms with Crippen molar-refractivity contribution in [1.29, 1.82) is 0 Å². The van der Waals surface area contributed by atoms with Crippen molar-refractivity contribution in [2.75, 3.05) is 0 Å². The van der Waals surface area contributed by atoms with E-state index in [1.54, 1.807) is 30.3 Å². The molecule has 1 atom stereocenters. The zero-order valence-corrected chi connectivity index (χ0v) is 11.7. The van der Waals surface area contributed by atoms with Gasteiger partial charge in [-0.15, -0.1) is 0 Å². The maximum Gasteiger partial charge on any atom is 0.327 e. The van der Waals surface area contributed by atoms with Crippen LogP contribution < -0.4 is 0 Å². The van der Waals surface area contributed by atoms with Gasteiger partial charge >= 0.3 is 5.97 Å². The van der Waals surface area contributed by atoms with Crippen molar-refractivity contribution in [3.05, 3.63) is 83.4 Å². The summed E-state index contributed by atoms with van der Waals surface area (Å²) in [4.78, 5) is 10.7. The highest BCUT2D eigenvalue weighted by Crippen LogP contribution is 2.59. The topological polar surface area (TPSA) is 37.3 Å². The molecule has 0 heterocycles. The molecular formula is C18H14F2O2. The van der Waals surface area contributed by atoms with E-state index < -0.39 is 11.4 Å². The number of aliphatic carboxylic acids is 1. The molecule has 3 rings (SSSR count). The zero-order chi connectivity index (χ0) is 15.7. The molecule has 0 saturated heterocycles. The molecule has 1 saturated carbocycles. The second kappa shape index (κ2) is 5.37. The fourth-order valence-corrected chi connectivity index (χ4v) is 3.04. The lowest BCUT2D eigenvalue weighted by molar-refractivity contribution is -0.131. The molecule has 0 aliphatic heterocycles. The van der Waals surface area contributed by atoms with E-state index >= 15 is 0 Å². The first-order valence-electron chi connectivity index (χ1n) is 6.95. The summed E-state index contributed by atoms with van der Waals surface area (Å²) in [6.45, 7) is 0. The van der Waals surface area contributed by atoms with Gasteiger partial charge in [0.15, 0.2) is 0 Å². The number of carboxylic acids is 1. The number of carboxylic acid groups (broad SMARTS) is 1. The second-order valence-corrected chi connectivity index (χ2v) is 5.49. The quantitative estimate of drug-likeness (QED) is 0.869. The minimum Gasteiger partial charge on any atom is -0.478 e. The van der Waals surface area contributed by atoms with Crippen LogP contribution in [-0.2, 0) is 10.2 Å². The summed E-state index contributed by atoms with van der Waals surface area (Å²) in [7, 11) is 0. The predicted molar refractivity (Wildman–Crippen MR) is 78.5 cm³/mol. The zero-order valence-electron chi connectivity index (χ0n) is 11.7. The van der Waals surface area contributed by atoms with Gasteiger partial charge in [-0.25, -0.2) is 13.6 Å². The van der Waals surface area contributed by atoms with Crippen LogP contribution in [0.5, 0.6) is 0 Å². The Labute approximate surface area is 126 Å². The number of benzene rings is 2.